The number of alkyl halides is 3. The molecule has 0 spiro atoms. The SMILES string of the molecule is CC(CNC1(C(F)(F)F)CC1)C(=O)OCc1ccccc1. The van der Waals surface area contributed by atoms with Gasteiger partial charge in [-0.05, 0) is 18.4 Å². The number of halogens is 3. The number of hydrogen-bond acceptors (Lipinski definition) is 3. The van der Waals surface area contributed by atoms with Crippen LogP contribution in [-0.2, 0) is 16.1 Å². The highest BCUT2D eigenvalue weighted by molar-refractivity contribution is 5.72. The molecule has 0 radical (unpaired) electrons. The number of ether oxygens (including phenoxy) is 1. The fourth-order valence-electron chi connectivity index (χ4n) is 1.99. The van der Waals surface area contributed by atoms with E-state index < -0.39 is 23.6 Å². The highest BCUT2D eigenvalue weighted by atomic mass is 19.4. The van der Waals surface area contributed by atoms with Crippen LogP contribution in [0.2, 0.25) is 0 Å². The van der Waals surface area contributed by atoms with Crippen molar-refractivity contribution in [3.8, 4) is 0 Å². The van der Waals surface area contributed by atoms with Gasteiger partial charge in [0.15, 0.2) is 0 Å². The predicted molar refractivity (Wildman–Crippen MR) is 71.4 cm³/mol. The van der Waals surface area contributed by atoms with Crippen molar-refractivity contribution in [1.82, 2.24) is 5.32 Å². The van der Waals surface area contributed by atoms with Crippen molar-refractivity contribution in [1.29, 1.82) is 0 Å². The molecule has 0 aromatic heterocycles. The Balaban J connectivity index is 1.76. The molecule has 0 aliphatic heterocycles. The fraction of sp³-hybridized carbons (Fsp3) is 0.533. The molecule has 1 saturated carbocycles. The molecule has 1 aliphatic carbocycles. The van der Waals surface area contributed by atoms with Crippen LogP contribution < -0.4 is 5.32 Å². The van der Waals surface area contributed by atoms with Gasteiger partial charge in [-0.25, -0.2) is 0 Å². The number of rotatable bonds is 6. The van der Waals surface area contributed by atoms with Gasteiger partial charge in [0, 0.05) is 6.54 Å². The first-order chi connectivity index (χ1) is 9.84. The van der Waals surface area contributed by atoms with Crippen LogP contribution in [0.15, 0.2) is 30.3 Å². The molecule has 0 amide bonds. The topological polar surface area (TPSA) is 38.3 Å². The van der Waals surface area contributed by atoms with Crippen LogP contribution in [0.25, 0.3) is 0 Å². The Hall–Kier alpha value is -1.56. The van der Waals surface area contributed by atoms with Crippen molar-refractivity contribution in [2.75, 3.05) is 6.54 Å². The molecule has 1 aromatic rings. The van der Waals surface area contributed by atoms with E-state index in [0.29, 0.717) is 0 Å². The van der Waals surface area contributed by atoms with Crippen LogP contribution in [0.5, 0.6) is 0 Å². The van der Waals surface area contributed by atoms with E-state index in [0.717, 1.165) is 5.56 Å². The van der Waals surface area contributed by atoms with Gasteiger partial charge in [-0.15, -0.1) is 0 Å². The third kappa shape index (κ3) is 3.97. The van der Waals surface area contributed by atoms with E-state index in [1.807, 2.05) is 30.3 Å². The molecular formula is C15H18F3NO2. The van der Waals surface area contributed by atoms with Gasteiger partial charge in [0.2, 0.25) is 0 Å². The molecule has 0 bridgehead atoms. The molecule has 2 rings (SSSR count). The second-order valence-corrected chi connectivity index (χ2v) is 5.46. The molecule has 1 atom stereocenters. The Kier molecular flexibility index (Phi) is 4.56. The standard InChI is InChI=1S/C15H18F3NO2/c1-11(9-19-14(7-8-14)15(16,17)18)13(20)21-10-12-5-3-2-4-6-12/h2-6,11,19H,7-10H2,1H3. The quantitative estimate of drug-likeness (QED) is 0.821. The maximum absolute atomic E-state index is 12.7. The number of benzene rings is 1. The van der Waals surface area contributed by atoms with Crippen molar-refractivity contribution >= 4 is 5.97 Å². The monoisotopic (exact) mass is 301 g/mol. The zero-order valence-corrected chi connectivity index (χ0v) is 11.7. The van der Waals surface area contributed by atoms with Gasteiger partial charge in [-0.1, -0.05) is 37.3 Å². The minimum Gasteiger partial charge on any atom is -0.461 e. The predicted octanol–water partition coefficient (Wildman–Crippen LogP) is 3.05. The van der Waals surface area contributed by atoms with E-state index in [2.05, 4.69) is 5.32 Å². The summed E-state index contributed by atoms with van der Waals surface area (Å²) in [5.41, 5.74) is -0.944. The molecule has 1 fully saturated rings. The fourth-order valence-corrected chi connectivity index (χ4v) is 1.99. The molecule has 1 aliphatic rings. The average Bonchev–Trinajstić information content (AvgIpc) is 3.24. The summed E-state index contributed by atoms with van der Waals surface area (Å²) >= 11 is 0. The van der Waals surface area contributed by atoms with E-state index in [1.165, 1.54) is 0 Å². The minimum absolute atomic E-state index is 0.0346. The zero-order valence-electron chi connectivity index (χ0n) is 11.7. The lowest BCUT2D eigenvalue weighted by atomic mass is 10.1. The molecule has 116 valence electrons. The van der Waals surface area contributed by atoms with E-state index in [4.69, 9.17) is 4.74 Å². The van der Waals surface area contributed by atoms with Crippen LogP contribution in [-0.4, -0.2) is 24.2 Å². The third-order valence-electron chi connectivity index (χ3n) is 3.67. The van der Waals surface area contributed by atoms with Gasteiger partial charge in [0.1, 0.15) is 12.1 Å². The van der Waals surface area contributed by atoms with E-state index in [9.17, 15) is 18.0 Å². The molecule has 3 nitrogen and oxygen atoms in total. The Labute approximate surface area is 121 Å². The molecule has 21 heavy (non-hydrogen) atoms. The van der Waals surface area contributed by atoms with Crippen LogP contribution >= 0.6 is 0 Å². The Morgan fingerprint density at radius 3 is 2.48 bits per heavy atom. The highest BCUT2D eigenvalue weighted by Crippen LogP contribution is 2.48. The maximum Gasteiger partial charge on any atom is 0.406 e. The van der Waals surface area contributed by atoms with E-state index in [-0.39, 0.29) is 26.0 Å². The van der Waals surface area contributed by atoms with Gasteiger partial charge in [0.25, 0.3) is 0 Å². The maximum atomic E-state index is 12.7. The average molecular weight is 301 g/mol. The molecule has 1 N–H and O–H groups in total. The van der Waals surface area contributed by atoms with Gasteiger partial charge >= 0.3 is 12.1 Å². The number of esters is 1. The van der Waals surface area contributed by atoms with Crippen molar-refractivity contribution in [2.24, 2.45) is 5.92 Å². The van der Waals surface area contributed by atoms with Crippen LogP contribution in [0.4, 0.5) is 13.2 Å². The molecular weight excluding hydrogens is 283 g/mol. The lowest BCUT2D eigenvalue weighted by molar-refractivity contribution is -0.168. The lowest BCUT2D eigenvalue weighted by Crippen LogP contribution is -2.47. The van der Waals surface area contributed by atoms with Gasteiger partial charge in [-0.3, -0.25) is 4.79 Å². The van der Waals surface area contributed by atoms with E-state index >= 15 is 0 Å². The normalized spacial score (nSPS) is 18.1. The second-order valence-electron chi connectivity index (χ2n) is 5.46. The summed E-state index contributed by atoms with van der Waals surface area (Å²) in [6.07, 6.45) is -4.12. The molecule has 1 unspecified atom stereocenters. The first-order valence-electron chi connectivity index (χ1n) is 6.86. The summed E-state index contributed by atoms with van der Waals surface area (Å²) in [6, 6.07) is 9.14. The summed E-state index contributed by atoms with van der Waals surface area (Å²) in [5.74, 6) is -1.11. The van der Waals surface area contributed by atoms with Crippen LogP contribution in [0.1, 0.15) is 25.3 Å². The highest BCUT2D eigenvalue weighted by Gasteiger charge is 2.63. The number of carbonyl (C=O) groups is 1. The number of hydrogen-bond donors (Lipinski definition) is 1. The summed E-state index contributed by atoms with van der Waals surface area (Å²) in [6.45, 7) is 1.66. The Morgan fingerprint density at radius 2 is 1.95 bits per heavy atom. The largest absolute Gasteiger partial charge is 0.461 e. The zero-order chi connectivity index (χ0) is 15.5. The second kappa shape index (κ2) is 6.05. The van der Waals surface area contributed by atoms with E-state index in [1.54, 1.807) is 6.92 Å². The molecule has 0 heterocycles. The molecule has 1 aromatic carbocycles. The van der Waals surface area contributed by atoms with Crippen LogP contribution in [0, 0.1) is 5.92 Å². The van der Waals surface area contributed by atoms with Crippen molar-refractivity contribution in [3.63, 3.8) is 0 Å². The molecule has 6 heteroatoms. The number of nitrogens with one attached hydrogen (secondary N) is 1. The Morgan fingerprint density at radius 1 is 1.33 bits per heavy atom. The lowest BCUT2D eigenvalue weighted by Gasteiger charge is -2.22. The van der Waals surface area contributed by atoms with Crippen molar-refractivity contribution < 1.29 is 22.7 Å². The molecule has 0 saturated heterocycles. The Bertz CT molecular complexity index is 483. The number of carbonyl (C=O) groups excluding carboxylic acids is 1. The summed E-state index contributed by atoms with van der Waals surface area (Å²) in [4.78, 5) is 11.8. The van der Waals surface area contributed by atoms with Gasteiger partial charge in [-0.2, -0.15) is 13.2 Å². The summed E-state index contributed by atoms with van der Waals surface area (Å²) in [7, 11) is 0. The summed E-state index contributed by atoms with van der Waals surface area (Å²) in [5, 5.41) is 2.46. The smallest absolute Gasteiger partial charge is 0.406 e. The van der Waals surface area contributed by atoms with Crippen molar-refractivity contribution in [2.45, 2.75) is 38.1 Å². The minimum atomic E-state index is -4.26. The summed E-state index contributed by atoms with van der Waals surface area (Å²) < 4.78 is 43.3. The van der Waals surface area contributed by atoms with Gasteiger partial charge in [0.05, 0.1) is 5.92 Å². The van der Waals surface area contributed by atoms with Gasteiger partial charge < -0.3 is 10.1 Å². The van der Waals surface area contributed by atoms with Crippen LogP contribution in [0.3, 0.4) is 0 Å². The first-order valence-corrected chi connectivity index (χ1v) is 6.86. The third-order valence-corrected chi connectivity index (χ3v) is 3.67. The van der Waals surface area contributed by atoms with Crippen molar-refractivity contribution in [3.05, 3.63) is 35.9 Å². The first kappa shape index (κ1) is 15.8.